The zero-order chi connectivity index (χ0) is 14.8. The standard InChI is InChI=1S/C17H28N2S/c1-13(2)14-5-7-15(8-6-14)16(11-18)19-9-10-20-17(3,4)12-19/h5-8,13,16H,9-12,18H2,1-4H3. The van der Waals surface area contributed by atoms with Crippen LogP contribution in [0.2, 0.25) is 0 Å². The van der Waals surface area contributed by atoms with E-state index in [1.807, 2.05) is 0 Å². The Hall–Kier alpha value is -0.510. The number of rotatable bonds is 4. The summed E-state index contributed by atoms with van der Waals surface area (Å²) >= 11 is 2.07. The lowest BCUT2D eigenvalue weighted by Gasteiger charge is -2.41. The van der Waals surface area contributed by atoms with Gasteiger partial charge < -0.3 is 5.73 Å². The zero-order valence-electron chi connectivity index (χ0n) is 13.2. The first-order valence-electron chi connectivity index (χ1n) is 7.61. The van der Waals surface area contributed by atoms with Crippen LogP contribution in [0.1, 0.15) is 50.8 Å². The fourth-order valence-electron chi connectivity index (χ4n) is 2.92. The van der Waals surface area contributed by atoms with Crippen LogP contribution < -0.4 is 5.73 Å². The summed E-state index contributed by atoms with van der Waals surface area (Å²) < 4.78 is 0.337. The van der Waals surface area contributed by atoms with Gasteiger partial charge in [0.25, 0.3) is 0 Å². The van der Waals surface area contributed by atoms with Gasteiger partial charge >= 0.3 is 0 Å². The van der Waals surface area contributed by atoms with E-state index in [-0.39, 0.29) is 0 Å². The molecule has 0 aromatic heterocycles. The average molecular weight is 292 g/mol. The van der Waals surface area contributed by atoms with Crippen LogP contribution in [0, 0.1) is 0 Å². The van der Waals surface area contributed by atoms with Crippen molar-refractivity contribution in [1.29, 1.82) is 0 Å². The molecule has 1 heterocycles. The minimum absolute atomic E-state index is 0.337. The fraction of sp³-hybridized carbons (Fsp3) is 0.647. The largest absolute Gasteiger partial charge is 0.329 e. The van der Waals surface area contributed by atoms with Crippen LogP contribution in [0.25, 0.3) is 0 Å². The third-order valence-electron chi connectivity index (χ3n) is 4.11. The minimum atomic E-state index is 0.337. The third-order valence-corrected chi connectivity index (χ3v) is 5.40. The maximum atomic E-state index is 6.07. The molecular formula is C17H28N2S. The van der Waals surface area contributed by atoms with E-state index < -0.39 is 0 Å². The highest BCUT2D eigenvalue weighted by atomic mass is 32.2. The molecule has 20 heavy (non-hydrogen) atoms. The second-order valence-electron chi connectivity index (χ2n) is 6.65. The predicted molar refractivity (Wildman–Crippen MR) is 90.4 cm³/mol. The Bertz CT molecular complexity index is 425. The van der Waals surface area contributed by atoms with E-state index in [0.29, 0.717) is 23.3 Å². The van der Waals surface area contributed by atoms with Gasteiger partial charge in [0.2, 0.25) is 0 Å². The van der Waals surface area contributed by atoms with Gasteiger partial charge in [-0.2, -0.15) is 11.8 Å². The van der Waals surface area contributed by atoms with E-state index in [4.69, 9.17) is 5.73 Å². The molecule has 0 amide bonds. The van der Waals surface area contributed by atoms with E-state index in [9.17, 15) is 0 Å². The molecule has 1 aliphatic heterocycles. The molecule has 2 N–H and O–H groups in total. The van der Waals surface area contributed by atoms with E-state index in [2.05, 4.69) is 68.6 Å². The summed E-state index contributed by atoms with van der Waals surface area (Å²) in [5, 5.41) is 0. The second-order valence-corrected chi connectivity index (χ2v) is 8.45. The maximum absolute atomic E-state index is 6.07. The Labute approximate surface area is 128 Å². The molecule has 0 bridgehead atoms. The molecule has 1 aromatic carbocycles. The number of nitrogens with two attached hydrogens (primary N) is 1. The van der Waals surface area contributed by atoms with Gasteiger partial charge in [-0.15, -0.1) is 0 Å². The van der Waals surface area contributed by atoms with Crippen molar-refractivity contribution in [3.05, 3.63) is 35.4 Å². The Kier molecular flexibility index (Phi) is 5.16. The molecule has 0 saturated carbocycles. The van der Waals surface area contributed by atoms with Crippen molar-refractivity contribution in [3.63, 3.8) is 0 Å². The summed E-state index contributed by atoms with van der Waals surface area (Å²) in [5.74, 6) is 1.79. The van der Waals surface area contributed by atoms with E-state index in [0.717, 1.165) is 13.1 Å². The van der Waals surface area contributed by atoms with Crippen molar-refractivity contribution in [2.75, 3.05) is 25.4 Å². The molecule has 1 fully saturated rings. The topological polar surface area (TPSA) is 29.3 Å². The van der Waals surface area contributed by atoms with Gasteiger partial charge in [0.05, 0.1) is 0 Å². The zero-order valence-corrected chi connectivity index (χ0v) is 14.0. The highest BCUT2D eigenvalue weighted by molar-refractivity contribution is 8.00. The molecule has 1 unspecified atom stereocenters. The molecule has 1 aromatic rings. The van der Waals surface area contributed by atoms with Crippen LogP contribution >= 0.6 is 11.8 Å². The molecule has 1 atom stereocenters. The number of thioether (sulfide) groups is 1. The van der Waals surface area contributed by atoms with Crippen molar-refractivity contribution in [1.82, 2.24) is 4.90 Å². The van der Waals surface area contributed by atoms with Crippen LogP contribution in [0.5, 0.6) is 0 Å². The highest BCUT2D eigenvalue weighted by Crippen LogP contribution is 2.34. The fourth-order valence-corrected chi connectivity index (χ4v) is 4.05. The number of benzene rings is 1. The smallest absolute Gasteiger partial charge is 0.0471 e. The first-order valence-corrected chi connectivity index (χ1v) is 8.59. The van der Waals surface area contributed by atoms with Gasteiger partial charge in [0, 0.05) is 36.2 Å². The van der Waals surface area contributed by atoms with Gasteiger partial charge in [-0.1, -0.05) is 38.1 Å². The molecular weight excluding hydrogens is 264 g/mol. The number of hydrogen-bond donors (Lipinski definition) is 1. The first-order chi connectivity index (χ1) is 9.43. The van der Waals surface area contributed by atoms with Gasteiger partial charge in [-0.3, -0.25) is 4.90 Å². The van der Waals surface area contributed by atoms with Gasteiger partial charge in [0.1, 0.15) is 0 Å². The minimum Gasteiger partial charge on any atom is -0.329 e. The van der Waals surface area contributed by atoms with Crippen molar-refractivity contribution in [3.8, 4) is 0 Å². The molecule has 0 spiro atoms. The van der Waals surface area contributed by atoms with E-state index in [1.54, 1.807) is 0 Å². The van der Waals surface area contributed by atoms with Crippen LogP contribution in [0.4, 0.5) is 0 Å². The molecule has 1 saturated heterocycles. The summed E-state index contributed by atoms with van der Waals surface area (Å²) in [5.41, 5.74) is 8.84. The van der Waals surface area contributed by atoms with Crippen LogP contribution in [-0.4, -0.2) is 35.0 Å². The third kappa shape index (κ3) is 3.78. The molecule has 112 valence electrons. The monoisotopic (exact) mass is 292 g/mol. The Balaban J connectivity index is 2.15. The molecule has 1 aliphatic rings. The van der Waals surface area contributed by atoms with Crippen LogP contribution in [0.3, 0.4) is 0 Å². The van der Waals surface area contributed by atoms with Crippen molar-refractivity contribution >= 4 is 11.8 Å². The quantitative estimate of drug-likeness (QED) is 0.918. The molecule has 2 nitrogen and oxygen atoms in total. The average Bonchev–Trinajstić information content (AvgIpc) is 2.39. The molecule has 0 aliphatic carbocycles. The SMILES string of the molecule is CC(C)c1ccc(C(CN)N2CCSC(C)(C)C2)cc1. The molecule has 0 radical (unpaired) electrons. The lowest BCUT2D eigenvalue weighted by molar-refractivity contribution is 0.192. The van der Waals surface area contributed by atoms with Crippen molar-refractivity contribution in [2.24, 2.45) is 5.73 Å². The van der Waals surface area contributed by atoms with E-state index in [1.165, 1.54) is 16.9 Å². The van der Waals surface area contributed by atoms with Crippen LogP contribution in [-0.2, 0) is 0 Å². The van der Waals surface area contributed by atoms with Crippen molar-refractivity contribution in [2.45, 2.75) is 44.4 Å². The van der Waals surface area contributed by atoms with Crippen LogP contribution in [0.15, 0.2) is 24.3 Å². The number of nitrogens with zero attached hydrogens (tertiary/aromatic N) is 1. The summed E-state index contributed by atoms with van der Waals surface area (Å²) in [7, 11) is 0. The Morgan fingerprint density at radius 1 is 1.20 bits per heavy atom. The van der Waals surface area contributed by atoms with Crippen molar-refractivity contribution < 1.29 is 0 Å². The van der Waals surface area contributed by atoms with E-state index >= 15 is 0 Å². The van der Waals surface area contributed by atoms with Gasteiger partial charge in [-0.25, -0.2) is 0 Å². The lowest BCUT2D eigenvalue weighted by Crippen LogP contribution is -2.46. The highest BCUT2D eigenvalue weighted by Gasteiger charge is 2.31. The Morgan fingerprint density at radius 2 is 1.80 bits per heavy atom. The summed E-state index contributed by atoms with van der Waals surface area (Å²) in [6.07, 6.45) is 0. The number of hydrogen-bond acceptors (Lipinski definition) is 3. The maximum Gasteiger partial charge on any atom is 0.0471 e. The van der Waals surface area contributed by atoms with Gasteiger partial charge in [0.15, 0.2) is 0 Å². The molecule has 3 heteroatoms. The normalized spacial score (nSPS) is 21.1. The Morgan fingerprint density at radius 3 is 2.30 bits per heavy atom. The summed E-state index contributed by atoms with van der Waals surface area (Å²) in [4.78, 5) is 2.56. The van der Waals surface area contributed by atoms with Gasteiger partial charge in [-0.05, 0) is 30.9 Å². The summed E-state index contributed by atoms with van der Waals surface area (Å²) in [6.45, 7) is 12.1. The predicted octanol–water partition coefficient (Wildman–Crippen LogP) is 3.64. The molecule has 2 rings (SSSR count). The first kappa shape index (κ1) is 15.9. The lowest BCUT2D eigenvalue weighted by atomic mass is 9.98. The summed E-state index contributed by atoms with van der Waals surface area (Å²) in [6, 6.07) is 9.40. The second kappa shape index (κ2) is 6.50.